The number of nitrogens with zero attached hydrogens (tertiary/aromatic N) is 1. The Labute approximate surface area is 133 Å². The number of halogens is 2. The molecule has 1 heterocycles. The van der Waals surface area contributed by atoms with Gasteiger partial charge >= 0.3 is 5.97 Å². The molecule has 0 saturated carbocycles. The van der Waals surface area contributed by atoms with E-state index in [9.17, 15) is 9.90 Å². The number of carbonyl (C=O) groups is 1. The molecule has 21 heavy (non-hydrogen) atoms. The number of fused-ring (bicyclic) bond motifs is 1. The first-order valence-corrected chi connectivity index (χ1v) is 7.36. The molecular formula is C15H10BrClN2O2. The Morgan fingerprint density at radius 2 is 2.14 bits per heavy atom. The fourth-order valence-electron chi connectivity index (χ4n) is 2.22. The van der Waals surface area contributed by atoms with E-state index in [1.54, 1.807) is 6.07 Å². The lowest BCUT2D eigenvalue weighted by molar-refractivity contribution is 0.0699. The summed E-state index contributed by atoms with van der Waals surface area (Å²) < 4.78 is 0.699. The topological polar surface area (TPSA) is 66.0 Å². The molecule has 106 valence electrons. The zero-order valence-corrected chi connectivity index (χ0v) is 13.1. The molecule has 1 aromatic heterocycles. The summed E-state index contributed by atoms with van der Waals surface area (Å²) in [7, 11) is 0. The molecule has 0 fully saturated rings. The summed E-state index contributed by atoms with van der Waals surface area (Å²) in [4.78, 5) is 18.8. The Balaban J connectivity index is 2.05. The smallest absolute Gasteiger partial charge is 0.338 e. The van der Waals surface area contributed by atoms with Gasteiger partial charge in [-0.1, -0.05) is 39.7 Å². The SMILES string of the molecule is O=C(O)c1cc(Br)cc2[nH]c(Cc3cccc(Cl)c3)nc12. The van der Waals surface area contributed by atoms with Gasteiger partial charge in [-0.3, -0.25) is 0 Å². The van der Waals surface area contributed by atoms with Crippen molar-refractivity contribution >= 4 is 44.5 Å². The molecule has 0 radical (unpaired) electrons. The molecule has 0 aliphatic carbocycles. The minimum absolute atomic E-state index is 0.174. The lowest BCUT2D eigenvalue weighted by Gasteiger charge is -1.98. The highest BCUT2D eigenvalue weighted by Crippen LogP contribution is 2.24. The Hall–Kier alpha value is -1.85. The fraction of sp³-hybridized carbons (Fsp3) is 0.0667. The average molecular weight is 366 g/mol. The Morgan fingerprint density at radius 3 is 2.86 bits per heavy atom. The van der Waals surface area contributed by atoms with Crippen molar-refractivity contribution in [1.82, 2.24) is 9.97 Å². The van der Waals surface area contributed by atoms with Crippen LogP contribution in [0.4, 0.5) is 0 Å². The zero-order chi connectivity index (χ0) is 15.0. The molecular weight excluding hydrogens is 356 g/mol. The summed E-state index contributed by atoms with van der Waals surface area (Å²) >= 11 is 9.27. The van der Waals surface area contributed by atoms with Crippen molar-refractivity contribution in [2.45, 2.75) is 6.42 Å². The van der Waals surface area contributed by atoms with Crippen molar-refractivity contribution in [3.05, 3.63) is 62.8 Å². The van der Waals surface area contributed by atoms with Crippen LogP contribution in [0.2, 0.25) is 5.02 Å². The van der Waals surface area contributed by atoms with Crippen molar-refractivity contribution < 1.29 is 9.90 Å². The number of rotatable bonds is 3. The van der Waals surface area contributed by atoms with Crippen LogP contribution in [0, 0.1) is 0 Å². The minimum Gasteiger partial charge on any atom is -0.478 e. The fourth-order valence-corrected chi connectivity index (χ4v) is 2.89. The molecule has 0 amide bonds. The molecule has 0 bridgehead atoms. The van der Waals surface area contributed by atoms with E-state index in [-0.39, 0.29) is 5.56 Å². The molecule has 0 atom stereocenters. The van der Waals surface area contributed by atoms with E-state index >= 15 is 0 Å². The van der Waals surface area contributed by atoms with Gasteiger partial charge in [-0.25, -0.2) is 9.78 Å². The van der Waals surface area contributed by atoms with Crippen LogP contribution in [0.15, 0.2) is 40.9 Å². The highest BCUT2D eigenvalue weighted by molar-refractivity contribution is 9.10. The quantitative estimate of drug-likeness (QED) is 0.728. The molecule has 3 aromatic rings. The third-order valence-electron chi connectivity index (χ3n) is 3.09. The number of imidazole rings is 1. The third-order valence-corrected chi connectivity index (χ3v) is 3.78. The number of hydrogen-bond donors (Lipinski definition) is 2. The Morgan fingerprint density at radius 1 is 1.33 bits per heavy atom. The van der Waals surface area contributed by atoms with Crippen LogP contribution in [0.1, 0.15) is 21.7 Å². The summed E-state index contributed by atoms with van der Waals surface area (Å²) in [5, 5.41) is 9.91. The number of carboxylic acids is 1. The van der Waals surface area contributed by atoms with Gasteiger partial charge in [0.15, 0.2) is 0 Å². The maximum absolute atomic E-state index is 11.3. The minimum atomic E-state index is -0.998. The van der Waals surface area contributed by atoms with E-state index < -0.39 is 5.97 Å². The number of H-pyrrole nitrogens is 1. The largest absolute Gasteiger partial charge is 0.478 e. The van der Waals surface area contributed by atoms with E-state index in [0.717, 1.165) is 5.56 Å². The van der Waals surface area contributed by atoms with Crippen molar-refractivity contribution in [3.63, 3.8) is 0 Å². The summed E-state index contributed by atoms with van der Waals surface area (Å²) in [6.45, 7) is 0. The van der Waals surface area contributed by atoms with E-state index in [2.05, 4.69) is 25.9 Å². The molecule has 0 aliphatic rings. The molecule has 0 saturated heterocycles. The van der Waals surface area contributed by atoms with E-state index in [4.69, 9.17) is 11.6 Å². The predicted octanol–water partition coefficient (Wildman–Crippen LogP) is 4.27. The second kappa shape index (κ2) is 5.50. The standard InChI is InChI=1S/C15H10BrClN2O2/c16-9-6-11(15(20)21)14-12(7-9)18-13(19-14)5-8-2-1-3-10(17)4-8/h1-4,6-7H,5H2,(H,18,19)(H,20,21). The monoisotopic (exact) mass is 364 g/mol. The van der Waals surface area contributed by atoms with Gasteiger partial charge in [-0.05, 0) is 29.8 Å². The van der Waals surface area contributed by atoms with Gasteiger partial charge in [0.05, 0.1) is 11.1 Å². The van der Waals surface area contributed by atoms with Gasteiger partial charge in [0.1, 0.15) is 11.3 Å². The summed E-state index contributed by atoms with van der Waals surface area (Å²) in [5.74, 6) is -0.296. The third kappa shape index (κ3) is 2.94. The molecule has 2 aromatic carbocycles. The van der Waals surface area contributed by atoms with E-state index in [0.29, 0.717) is 32.8 Å². The number of aromatic nitrogens is 2. The first kappa shape index (κ1) is 14.1. The van der Waals surface area contributed by atoms with Crippen molar-refractivity contribution in [1.29, 1.82) is 0 Å². The summed E-state index contributed by atoms with van der Waals surface area (Å²) in [5.41, 5.74) is 2.34. The van der Waals surface area contributed by atoms with Gasteiger partial charge in [0, 0.05) is 15.9 Å². The maximum atomic E-state index is 11.3. The van der Waals surface area contributed by atoms with Crippen LogP contribution in [-0.2, 0) is 6.42 Å². The second-order valence-corrected chi connectivity index (χ2v) is 6.00. The number of carboxylic acid groups (broad SMARTS) is 1. The molecule has 0 unspecified atom stereocenters. The predicted molar refractivity (Wildman–Crippen MR) is 85.0 cm³/mol. The highest BCUT2D eigenvalue weighted by atomic mass is 79.9. The van der Waals surface area contributed by atoms with Crippen LogP contribution >= 0.6 is 27.5 Å². The number of aromatic carboxylic acids is 1. The van der Waals surface area contributed by atoms with Crippen LogP contribution in [0.25, 0.3) is 11.0 Å². The van der Waals surface area contributed by atoms with Crippen LogP contribution in [-0.4, -0.2) is 21.0 Å². The number of nitrogens with one attached hydrogen (secondary N) is 1. The van der Waals surface area contributed by atoms with Gasteiger partial charge in [-0.15, -0.1) is 0 Å². The van der Waals surface area contributed by atoms with Gasteiger partial charge < -0.3 is 10.1 Å². The summed E-state index contributed by atoms with van der Waals surface area (Å²) in [6.07, 6.45) is 0.561. The van der Waals surface area contributed by atoms with E-state index in [1.165, 1.54) is 0 Å². The number of aromatic amines is 1. The van der Waals surface area contributed by atoms with Crippen LogP contribution in [0.5, 0.6) is 0 Å². The number of hydrogen-bond acceptors (Lipinski definition) is 2. The van der Waals surface area contributed by atoms with Crippen LogP contribution < -0.4 is 0 Å². The Bertz CT molecular complexity index is 845. The maximum Gasteiger partial charge on any atom is 0.338 e. The Kier molecular flexibility index (Phi) is 3.69. The average Bonchev–Trinajstić information content (AvgIpc) is 2.79. The van der Waals surface area contributed by atoms with Gasteiger partial charge in [0.25, 0.3) is 0 Å². The van der Waals surface area contributed by atoms with Gasteiger partial charge in [0.2, 0.25) is 0 Å². The molecule has 4 nitrogen and oxygen atoms in total. The lowest BCUT2D eigenvalue weighted by Crippen LogP contribution is -1.97. The van der Waals surface area contributed by atoms with Crippen molar-refractivity contribution in [2.24, 2.45) is 0 Å². The summed E-state index contributed by atoms with van der Waals surface area (Å²) in [6, 6.07) is 10.9. The first-order chi connectivity index (χ1) is 10.0. The molecule has 3 rings (SSSR count). The van der Waals surface area contributed by atoms with Crippen molar-refractivity contribution in [3.8, 4) is 0 Å². The molecule has 6 heteroatoms. The molecule has 0 aliphatic heterocycles. The second-order valence-electron chi connectivity index (χ2n) is 4.64. The first-order valence-electron chi connectivity index (χ1n) is 6.19. The molecule has 2 N–H and O–H groups in total. The highest BCUT2D eigenvalue weighted by Gasteiger charge is 2.14. The molecule has 0 spiro atoms. The van der Waals surface area contributed by atoms with Crippen LogP contribution in [0.3, 0.4) is 0 Å². The lowest BCUT2D eigenvalue weighted by atomic mass is 10.1. The van der Waals surface area contributed by atoms with Crippen molar-refractivity contribution in [2.75, 3.05) is 0 Å². The van der Waals surface area contributed by atoms with E-state index in [1.807, 2.05) is 30.3 Å². The zero-order valence-electron chi connectivity index (χ0n) is 10.7. The number of benzene rings is 2. The van der Waals surface area contributed by atoms with Gasteiger partial charge in [-0.2, -0.15) is 0 Å². The normalized spacial score (nSPS) is 11.0.